The van der Waals surface area contributed by atoms with Crippen molar-refractivity contribution in [3.8, 4) is 11.5 Å². The van der Waals surface area contributed by atoms with Crippen molar-refractivity contribution < 1.29 is 22.4 Å². The summed E-state index contributed by atoms with van der Waals surface area (Å²) in [6.45, 7) is 0.333. The van der Waals surface area contributed by atoms with E-state index < -0.39 is 11.9 Å². The highest BCUT2D eigenvalue weighted by atomic mass is 32.2. The number of carbonyl (C=O) groups is 1. The van der Waals surface area contributed by atoms with E-state index in [2.05, 4.69) is 20.3 Å². The quantitative estimate of drug-likeness (QED) is 0.471. The zero-order chi connectivity index (χ0) is 20.0. The smallest absolute Gasteiger partial charge is 0.433 e. The number of pyridine rings is 1. The Hall–Kier alpha value is -2.88. The van der Waals surface area contributed by atoms with Gasteiger partial charge in [-0.2, -0.15) is 13.2 Å². The number of amides is 1. The number of rotatable bonds is 7. The Labute approximate surface area is 162 Å². The summed E-state index contributed by atoms with van der Waals surface area (Å²) in [5, 5.41) is 2.66. The van der Waals surface area contributed by atoms with Crippen molar-refractivity contribution in [2.45, 2.75) is 24.3 Å². The number of nitrogens with one attached hydrogen (secondary N) is 1. The molecule has 10 heteroatoms. The fourth-order valence-corrected chi connectivity index (χ4v) is 3.01. The molecule has 0 aliphatic heterocycles. The molecule has 3 rings (SSSR count). The lowest BCUT2D eigenvalue weighted by atomic mass is 10.2. The molecule has 0 fully saturated rings. The van der Waals surface area contributed by atoms with Crippen molar-refractivity contribution in [2.24, 2.45) is 0 Å². The highest BCUT2D eigenvalue weighted by molar-refractivity contribution is 7.99. The van der Waals surface area contributed by atoms with Crippen molar-refractivity contribution >= 4 is 17.7 Å². The number of hydrogen-bond acceptors (Lipinski definition) is 6. The normalized spacial score (nSPS) is 11.4. The van der Waals surface area contributed by atoms with Crippen molar-refractivity contribution in [3.63, 3.8) is 0 Å². The third kappa shape index (κ3) is 5.56. The largest absolute Gasteiger partial charge is 0.463 e. The molecule has 0 radical (unpaired) electrons. The molecule has 3 aromatic rings. The van der Waals surface area contributed by atoms with Crippen LogP contribution < -0.4 is 5.32 Å². The van der Waals surface area contributed by atoms with E-state index in [-0.39, 0.29) is 34.7 Å². The fourth-order valence-electron chi connectivity index (χ4n) is 2.21. The Kier molecular flexibility index (Phi) is 6.30. The number of nitrogens with zero attached hydrogens (tertiary/aromatic N) is 3. The average molecular weight is 408 g/mol. The van der Waals surface area contributed by atoms with Crippen LogP contribution in [0.1, 0.15) is 17.7 Å². The second kappa shape index (κ2) is 8.87. The number of thioether (sulfide) groups is 1. The van der Waals surface area contributed by atoms with Gasteiger partial charge in [0.05, 0.1) is 6.26 Å². The van der Waals surface area contributed by atoms with Crippen LogP contribution in [-0.4, -0.2) is 26.6 Å². The second-order valence-electron chi connectivity index (χ2n) is 5.63. The van der Waals surface area contributed by atoms with Gasteiger partial charge in [0, 0.05) is 31.1 Å². The average Bonchev–Trinajstić information content (AvgIpc) is 3.21. The summed E-state index contributed by atoms with van der Waals surface area (Å²) in [4.78, 5) is 23.5. The first kappa shape index (κ1) is 19.9. The van der Waals surface area contributed by atoms with E-state index in [1.54, 1.807) is 24.5 Å². The van der Waals surface area contributed by atoms with Crippen LogP contribution in [0, 0.1) is 0 Å². The predicted molar refractivity (Wildman–Crippen MR) is 96.2 cm³/mol. The van der Waals surface area contributed by atoms with Gasteiger partial charge in [0.2, 0.25) is 5.91 Å². The molecular formula is C18H15F3N4O2S. The van der Waals surface area contributed by atoms with E-state index in [4.69, 9.17) is 4.42 Å². The molecule has 0 aromatic carbocycles. The van der Waals surface area contributed by atoms with E-state index in [9.17, 15) is 18.0 Å². The van der Waals surface area contributed by atoms with Gasteiger partial charge in [-0.15, -0.1) is 0 Å². The lowest BCUT2D eigenvalue weighted by Crippen LogP contribution is -2.23. The number of halogens is 3. The number of hydrogen-bond donors (Lipinski definition) is 1. The number of furan rings is 1. The maximum Gasteiger partial charge on any atom is 0.433 e. The summed E-state index contributed by atoms with van der Waals surface area (Å²) in [7, 11) is 0. The molecule has 0 atom stereocenters. The topological polar surface area (TPSA) is 80.9 Å². The first-order valence-electron chi connectivity index (χ1n) is 8.20. The van der Waals surface area contributed by atoms with Crippen LogP contribution in [0.25, 0.3) is 11.5 Å². The molecule has 0 aliphatic rings. The Bertz CT molecular complexity index is 918. The summed E-state index contributed by atoms with van der Waals surface area (Å²) < 4.78 is 44.4. The molecule has 28 heavy (non-hydrogen) atoms. The summed E-state index contributed by atoms with van der Waals surface area (Å²) in [5.74, 6) is 0.219. The van der Waals surface area contributed by atoms with Crippen LogP contribution >= 0.6 is 11.8 Å². The summed E-state index contributed by atoms with van der Waals surface area (Å²) in [5.41, 5.74) is -0.166. The molecule has 1 amide bonds. The Morgan fingerprint density at radius 1 is 1.21 bits per heavy atom. The van der Waals surface area contributed by atoms with Gasteiger partial charge in [0.25, 0.3) is 0 Å². The fraction of sp³-hybridized carbons (Fsp3) is 0.222. The molecule has 3 heterocycles. The van der Waals surface area contributed by atoms with Crippen LogP contribution in [0.3, 0.4) is 0 Å². The lowest BCUT2D eigenvalue weighted by Gasteiger charge is -2.09. The molecule has 1 N–H and O–H groups in total. The van der Waals surface area contributed by atoms with Gasteiger partial charge in [-0.25, -0.2) is 9.97 Å². The van der Waals surface area contributed by atoms with Crippen LogP contribution in [-0.2, 0) is 17.5 Å². The minimum Gasteiger partial charge on any atom is -0.463 e. The zero-order valence-electron chi connectivity index (χ0n) is 14.4. The first-order chi connectivity index (χ1) is 13.4. The molecule has 0 bridgehead atoms. The van der Waals surface area contributed by atoms with Gasteiger partial charge >= 0.3 is 6.18 Å². The molecule has 3 aromatic heterocycles. The maximum atomic E-state index is 13.1. The molecule has 0 saturated carbocycles. The molecule has 0 unspecified atom stereocenters. The summed E-state index contributed by atoms with van der Waals surface area (Å²) in [6.07, 6.45) is 0.126. The maximum absolute atomic E-state index is 13.1. The van der Waals surface area contributed by atoms with Gasteiger partial charge in [-0.1, -0.05) is 17.8 Å². The summed E-state index contributed by atoms with van der Waals surface area (Å²) in [6, 6.07) is 7.50. The lowest BCUT2D eigenvalue weighted by molar-refractivity contribution is -0.141. The number of carbonyl (C=O) groups excluding carboxylic acids is 1. The Morgan fingerprint density at radius 3 is 2.75 bits per heavy atom. The zero-order valence-corrected chi connectivity index (χ0v) is 15.3. The molecule has 0 aliphatic carbocycles. The molecule has 0 spiro atoms. The molecule has 146 valence electrons. The standard InChI is InChI=1S/C18H15F3N4O2S/c19-18(20,21)15-9-13(14-4-2-7-27-14)24-17(25-15)28-8-5-16(26)23-11-12-3-1-6-22-10-12/h1-4,6-7,9-10H,5,8,11H2,(H,23,26). The van der Waals surface area contributed by atoms with E-state index in [0.29, 0.717) is 6.54 Å². The Morgan fingerprint density at radius 2 is 2.07 bits per heavy atom. The van der Waals surface area contributed by atoms with Crippen LogP contribution in [0.2, 0.25) is 0 Å². The minimum absolute atomic E-state index is 0.0378. The van der Waals surface area contributed by atoms with Crippen LogP contribution in [0.4, 0.5) is 13.2 Å². The van der Waals surface area contributed by atoms with Gasteiger partial charge in [0.1, 0.15) is 11.4 Å². The first-order valence-corrected chi connectivity index (χ1v) is 9.19. The highest BCUT2D eigenvalue weighted by Crippen LogP contribution is 2.32. The SMILES string of the molecule is O=C(CCSc1nc(-c2ccco2)cc(C(F)(F)F)n1)NCc1cccnc1. The monoisotopic (exact) mass is 408 g/mol. The third-order valence-corrected chi connectivity index (χ3v) is 4.39. The molecule has 6 nitrogen and oxygen atoms in total. The van der Waals surface area contributed by atoms with Gasteiger partial charge in [0.15, 0.2) is 10.9 Å². The van der Waals surface area contributed by atoms with Gasteiger partial charge in [-0.05, 0) is 29.8 Å². The van der Waals surface area contributed by atoms with E-state index in [1.165, 1.54) is 12.3 Å². The van der Waals surface area contributed by atoms with E-state index in [0.717, 1.165) is 23.4 Å². The van der Waals surface area contributed by atoms with Crippen molar-refractivity contribution in [2.75, 3.05) is 5.75 Å². The molecular weight excluding hydrogens is 393 g/mol. The highest BCUT2D eigenvalue weighted by Gasteiger charge is 2.34. The minimum atomic E-state index is -4.61. The predicted octanol–water partition coefficient (Wildman–Crippen LogP) is 3.95. The van der Waals surface area contributed by atoms with Crippen molar-refractivity contribution in [1.82, 2.24) is 20.3 Å². The van der Waals surface area contributed by atoms with Crippen LogP contribution in [0.15, 0.2) is 58.6 Å². The number of aromatic nitrogens is 3. The van der Waals surface area contributed by atoms with Gasteiger partial charge in [-0.3, -0.25) is 9.78 Å². The van der Waals surface area contributed by atoms with Gasteiger partial charge < -0.3 is 9.73 Å². The van der Waals surface area contributed by atoms with Crippen LogP contribution in [0.5, 0.6) is 0 Å². The van der Waals surface area contributed by atoms with E-state index >= 15 is 0 Å². The molecule has 0 saturated heterocycles. The summed E-state index contributed by atoms with van der Waals surface area (Å²) >= 11 is 0.975. The number of alkyl halides is 3. The Balaban J connectivity index is 1.60. The van der Waals surface area contributed by atoms with E-state index in [1.807, 2.05) is 6.07 Å². The second-order valence-corrected chi connectivity index (χ2v) is 6.69. The van der Waals surface area contributed by atoms with Crippen molar-refractivity contribution in [3.05, 3.63) is 60.2 Å². The third-order valence-electron chi connectivity index (χ3n) is 3.54. The van der Waals surface area contributed by atoms with Crippen molar-refractivity contribution in [1.29, 1.82) is 0 Å².